The van der Waals surface area contributed by atoms with Gasteiger partial charge in [0.25, 0.3) is 5.91 Å². The monoisotopic (exact) mass is 318 g/mol. The van der Waals surface area contributed by atoms with Crippen molar-refractivity contribution in [3.63, 3.8) is 0 Å². The molecule has 1 aliphatic heterocycles. The minimum atomic E-state index is 0.0473. The summed E-state index contributed by atoms with van der Waals surface area (Å²) in [5.74, 6) is 0.802. The molecule has 1 aromatic carbocycles. The van der Waals surface area contributed by atoms with Crippen LogP contribution < -0.4 is 0 Å². The minimum Gasteiger partial charge on any atom is -0.332 e. The number of hydrogen-bond donors (Lipinski definition) is 0. The van der Waals surface area contributed by atoms with E-state index >= 15 is 0 Å². The molecule has 5 heteroatoms. The molecule has 3 heterocycles. The average Bonchev–Trinajstić information content (AvgIpc) is 3.34. The fraction of sp³-hybridized carbons (Fsp3) is 0.211. The Hall–Kier alpha value is -2.95. The topological polar surface area (TPSA) is 51.0 Å². The number of imidazole rings is 1. The number of rotatable bonds is 3. The van der Waals surface area contributed by atoms with Crippen molar-refractivity contribution >= 4 is 5.91 Å². The molecule has 1 saturated heterocycles. The first-order chi connectivity index (χ1) is 11.8. The van der Waals surface area contributed by atoms with E-state index in [0.717, 1.165) is 25.2 Å². The van der Waals surface area contributed by atoms with Crippen molar-refractivity contribution < 1.29 is 4.79 Å². The van der Waals surface area contributed by atoms with Gasteiger partial charge in [0.2, 0.25) is 0 Å². The van der Waals surface area contributed by atoms with Crippen molar-refractivity contribution in [2.45, 2.75) is 18.9 Å². The molecule has 1 atom stereocenters. The van der Waals surface area contributed by atoms with Gasteiger partial charge in [-0.3, -0.25) is 9.36 Å². The van der Waals surface area contributed by atoms with Gasteiger partial charge < -0.3 is 4.90 Å². The molecule has 1 unspecified atom stereocenters. The van der Waals surface area contributed by atoms with Crippen LogP contribution >= 0.6 is 0 Å². The summed E-state index contributed by atoms with van der Waals surface area (Å²) in [6.45, 7) is 0.793. The molecule has 0 aliphatic carbocycles. The maximum Gasteiger partial charge on any atom is 0.255 e. The Morgan fingerprint density at radius 1 is 1.12 bits per heavy atom. The lowest BCUT2D eigenvalue weighted by Gasteiger charge is -2.25. The Bertz CT molecular complexity index is 812. The quantitative estimate of drug-likeness (QED) is 0.745. The lowest BCUT2D eigenvalue weighted by Crippen LogP contribution is -2.30. The first-order valence-electron chi connectivity index (χ1n) is 8.13. The number of carbonyl (C=O) groups excluding carboxylic acids is 1. The highest BCUT2D eigenvalue weighted by molar-refractivity contribution is 5.94. The molecular formula is C19H18N4O. The third kappa shape index (κ3) is 2.69. The van der Waals surface area contributed by atoms with E-state index in [4.69, 9.17) is 0 Å². The van der Waals surface area contributed by atoms with Gasteiger partial charge in [0.05, 0.1) is 11.6 Å². The highest BCUT2D eigenvalue weighted by atomic mass is 16.2. The standard InChI is InChI=1S/C19H18N4O/c24-19(16-8-9-18(21-13-16)22-12-10-20-14-22)23-11-4-7-17(23)15-5-2-1-3-6-15/h1-3,5-6,8-10,12-14,17H,4,7,11H2. The normalized spacial score (nSPS) is 17.2. The van der Waals surface area contributed by atoms with Gasteiger partial charge in [-0.15, -0.1) is 0 Å². The summed E-state index contributed by atoms with van der Waals surface area (Å²) in [6.07, 6.45) is 8.92. The predicted molar refractivity (Wildman–Crippen MR) is 90.8 cm³/mol. The third-order valence-electron chi connectivity index (χ3n) is 4.46. The van der Waals surface area contributed by atoms with E-state index in [0.29, 0.717) is 5.56 Å². The molecule has 0 bridgehead atoms. The second-order valence-electron chi connectivity index (χ2n) is 5.94. The van der Waals surface area contributed by atoms with E-state index < -0.39 is 0 Å². The molecule has 24 heavy (non-hydrogen) atoms. The number of likely N-dealkylation sites (tertiary alicyclic amines) is 1. The fourth-order valence-corrected chi connectivity index (χ4v) is 3.26. The molecule has 120 valence electrons. The van der Waals surface area contributed by atoms with Gasteiger partial charge in [-0.2, -0.15) is 0 Å². The second kappa shape index (κ2) is 6.28. The Morgan fingerprint density at radius 2 is 2.00 bits per heavy atom. The zero-order valence-electron chi connectivity index (χ0n) is 13.2. The largest absolute Gasteiger partial charge is 0.332 e. The van der Waals surface area contributed by atoms with Crippen molar-refractivity contribution in [3.8, 4) is 5.82 Å². The van der Waals surface area contributed by atoms with E-state index in [1.807, 2.05) is 46.0 Å². The lowest BCUT2D eigenvalue weighted by molar-refractivity contribution is 0.0735. The molecule has 5 nitrogen and oxygen atoms in total. The summed E-state index contributed by atoms with van der Waals surface area (Å²) < 4.78 is 1.82. The number of carbonyl (C=O) groups is 1. The fourth-order valence-electron chi connectivity index (χ4n) is 3.26. The molecule has 1 aliphatic rings. The van der Waals surface area contributed by atoms with E-state index in [9.17, 15) is 4.79 Å². The highest BCUT2D eigenvalue weighted by Crippen LogP contribution is 2.32. The van der Waals surface area contributed by atoms with E-state index in [-0.39, 0.29) is 11.9 Å². The Morgan fingerprint density at radius 3 is 2.71 bits per heavy atom. The summed E-state index contributed by atoms with van der Waals surface area (Å²) >= 11 is 0. The predicted octanol–water partition coefficient (Wildman–Crippen LogP) is 3.24. The number of amides is 1. The van der Waals surface area contributed by atoms with Crippen molar-refractivity contribution in [2.24, 2.45) is 0 Å². The Kier molecular flexibility index (Phi) is 3.83. The molecule has 1 fully saturated rings. The minimum absolute atomic E-state index is 0.0473. The smallest absolute Gasteiger partial charge is 0.255 e. The van der Waals surface area contributed by atoms with Gasteiger partial charge in [0.1, 0.15) is 12.1 Å². The van der Waals surface area contributed by atoms with Gasteiger partial charge >= 0.3 is 0 Å². The third-order valence-corrected chi connectivity index (χ3v) is 4.46. The first kappa shape index (κ1) is 14.6. The van der Waals surface area contributed by atoms with Gasteiger partial charge in [-0.25, -0.2) is 9.97 Å². The average molecular weight is 318 g/mol. The maximum atomic E-state index is 12.9. The van der Waals surface area contributed by atoms with Crippen LogP contribution in [0.1, 0.15) is 34.8 Å². The Labute approximate surface area is 140 Å². The molecule has 0 saturated carbocycles. The van der Waals surface area contributed by atoms with Gasteiger partial charge in [-0.05, 0) is 30.5 Å². The summed E-state index contributed by atoms with van der Waals surface area (Å²) in [5.41, 5.74) is 1.83. The first-order valence-corrected chi connectivity index (χ1v) is 8.13. The molecule has 0 spiro atoms. The van der Waals surface area contributed by atoms with Crippen LogP contribution in [0.15, 0.2) is 67.4 Å². The number of hydrogen-bond acceptors (Lipinski definition) is 3. The van der Waals surface area contributed by atoms with Crippen LogP contribution in [0.4, 0.5) is 0 Å². The van der Waals surface area contributed by atoms with Crippen molar-refractivity contribution in [1.29, 1.82) is 0 Å². The SMILES string of the molecule is O=C(c1ccc(-n2ccnc2)nc1)N1CCCC1c1ccccc1. The highest BCUT2D eigenvalue weighted by Gasteiger charge is 2.30. The zero-order chi connectivity index (χ0) is 16.4. The van der Waals surface area contributed by atoms with Crippen molar-refractivity contribution in [3.05, 3.63) is 78.5 Å². The summed E-state index contributed by atoms with van der Waals surface area (Å²) in [7, 11) is 0. The van der Waals surface area contributed by atoms with Crippen LogP contribution in [0.2, 0.25) is 0 Å². The number of pyridine rings is 1. The molecule has 0 N–H and O–H groups in total. The zero-order valence-corrected chi connectivity index (χ0v) is 13.2. The molecular weight excluding hydrogens is 300 g/mol. The molecule has 3 aromatic rings. The molecule has 0 radical (unpaired) electrons. The molecule has 1 amide bonds. The number of nitrogens with zero attached hydrogens (tertiary/aromatic N) is 4. The van der Waals surface area contributed by atoms with Crippen LogP contribution in [0.5, 0.6) is 0 Å². The lowest BCUT2D eigenvalue weighted by atomic mass is 10.0. The summed E-state index contributed by atoms with van der Waals surface area (Å²) in [5, 5.41) is 0. The van der Waals surface area contributed by atoms with Crippen LogP contribution in [-0.2, 0) is 0 Å². The maximum absolute atomic E-state index is 12.9. The number of aromatic nitrogens is 3. The van der Waals surface area contributed by atoms with Crippen LogP contribution in [0.3, 0.4) is 0 Å². The van der Waals surface area contributed by atoms with Crippen LogP contribution in [-0.4, -0.2) is 31.9 Å². The van der Waals surface area contributed by atoms with Gasteiger partial charge in [0, 0.05) is 25.1 Å². The summed E-state index contributed by atoms with van der Waals surface area (Å²) in [6, 6.07) is 14.1. The van der Waals surface area contributed by atoms with Crippen LogP contribution in [0, 0.1) is 0 Å². The summed E-state index contributed by atoms with van der Waals surface area (Å²) in [4.78, 5) is 23.3. The van der Waals surface area contributed by atoms with Crippen LogP contribution in [0.25, 0.3) is 5.82 Å². The van der Waals surface area contributed by atoms with E-state index in [2.05, 4.69) is 22.1 Å². The number of benzene rings is 1. The van der Waals surface area contributed by atoms with Gasteiger partial charge in [0.15, 0.2) is 0 Å². The van der Waals surface area contributed by atoms with Gasteiger partial charge in [-0.1, -0.05) is 30.3 Å². The van der Waals surface area contributed by atoms with E-state index in [1.165, 1.54) is 5.56 Å². The van der Waals surface area contributed by atoms with Crippen molar-refractivity contribution in [1.82, 2.24) is 19.4 Å². The molecule has 2 aromatic heterocycles. The van der Waals surface area contributed by atoms with E-state index in [1.54, 1.807) is 18.7 Å². The second-order valence-corrected chi connectivity index (χ2v) is 5.94. The Balaban J connectivity index is 1.56. The van der Waals surface area contributed by atoms with Crippen molar-refractivity contribution in [2.75, 3.05) is 6.54 Å². The molecule has 4 rings (SSSR count).